The van der Waals surface area contributed by atoms with E-state index in [0.29, 0.717) is 13.4 Å². The second kappa shape index (κ2) is 38.6. The van der Waals surface area contributed by atoms with Crippen molar-refractivity contribution in [3.63, 3.8) is 0 Å². The maximum atomic E-state index is 8.44. The topological polar surface area (TPSA) is 29.5 Å². The molecule has 1 radical (unpaired) electrons. The fraction of sp³-hybridized carbons (Fsp3) is 0.0213. The second-order valence-electron chi connectivity index (χ2n) is 38.5. The molecule has 0 aliphatic heterocycles. The summed E-state index contributed by atoms with van der Waals surface area (Å²) in [6, 6.07) is 191. The molecule has 1 aliphatic rings. The summed E-state index contributed by atoms with van der Waals surface area (Å²) in [6.45, 7) is 4.82. The molecule has 687 valence electrons. The molecule has 5 heteroatoms. The Kier molecular flexibility index (Phi) is 23.8. The predicted molar refractivity (Wildman–Crippen MR) is 634 cm³/mol. The maximum Gasteiger partial charge on any atom is 0.569 e. The van der Waals surface area contributed by atoms with Gasteiger partial charge in [0.2, 0.25) is 0 Å². The minimum atomic E-state index is -0.197. The number of fused-ring (bicyclic) bond motifs is 18. The lowest BCUT2D eigenvalue weighted by Crippen LogP contribution is -2.15. The van der Waals surface area contributed by atoms with Gasteiger partial charge in [-0.3, -0.25) is 0 Å². The molecular formula is C141H94BBr2O2. The molecular weight excluding hydrogens is 1900 g/mol. The van der Waals surface area contributed by atoms with Crippen molar-refractivity contribution in [2.45, 2.75) is 19.3 Å². The van der Waals surface area contributed by atoms with Crippen LogP contribution in [-0.2, 0) is 5.41 Å². The monoisotopic (exact) mass is 1990 g/mol. The summed E-state index contributed by atoms with van der Waals surface area (Å²) in [5.41, 5.74) is 23.0. The van der Waals surface area contributed by atoms with Crippen LogP contribution in [0, 0.1) is 0 Å². The molecule has 1 aliphatic carbocycles. The summed E-state index contributed by atoms with van der Waals surface area (Å²) in [5.74, 6) is 0.640. The average Bonchev–Trinajstić information content (AvgIpc) is 1.50. The SMILES string of the molecule is Brc1c2ccccc2c(-c2ccc3ccccc3c2)c2ccccc12.Brc1c2ccccc2cc2ccccc12.CC1(C)c2cc(-c3ccc(-c4c5ccccc5c(-c5ccc6ccccc6c5)c5ccccc45)cc3)ccc2-c2ccc(-c3c4ccccc4c(-c4ccc5ccccc5c4)c4ccccc34)cc21.O[B]Oc1ccc2ccccc2c1.c1ccc2cc(-c3c4ccccc4cc4ccccc34)ccc2c1. The highest BCUT2D eigenvalue weighted by Crippen LogP contribution is 2.55. The van der Waals surface area contributed by atoms with E-state index in [4.69, 9.17) is 9.68 Å². The third kappa shape index (κ3) is 16.6. The van der Waals surface area contributed by atoms with E-state index < -0.39 is 0 Å². The molecule has 0 aromatic heterocycles. The Bertz CT molecular complexity index is 9780. The summed E-state index contributed by atoms with van der Waals surface area (Å²) >= 11 is 7.51. The molecule has 0 spiro atoms. The minimum Gasteiger partial charge on any atom is -0.537 e. The van der Waals surface area contributed by atoms with Crippen LogP contribution in [0.4, 0.5) is 0 Å². The van der Waals surface area contributed by atoms with E-state index in [0.717, 1.165) is 10.8 Å². The summed E-state index contributed by atoms with van der Waals surface area (Å²) in [6.07, 6.45) is 0. The van der Waals surface area contributed by atoms with Crippen molar-refractivity contribution >= 4 is 201 Å². The molecule has 0 amide bonds. The first-order valence-electron chi connectivity index (χ1n) is 49.9. The molecule has 0 saturated heterocycles. The molecule has 146 heavy (non-hydrogen) atoms. The average molecular weight is 1990 g/mol. The van der Waals surface area contributed by atoms with Crippen LogP contribution in [0.5, 0.6) is 5.75 Å². The number of rotatable bonds is 9. The molecule has 28 aromatic carbocycles. The van der Waals surface area contributed by atoms with E-state index in [2.05, 4.69) is 531 Å². The predicted octanol–water partition coefficient (Wildman–Crippen LogP) is 40.1. The molecule has 0 atom stereocenters. The molecule has 0 unspecified atom stereocenters. The van der Waals surface area contributed by atoms with Gasteiger partial charge in [-0.25, -0.2) is 0 Å². The van der Waals surface area contributed by atoms with E-state index in [-0.39, 0.29) is 5.41 Å². The van der Waals surface area contributed by atoms with Crippen LogP contribution in [-0.4, -0.2) is 12.7 Å². The number of benzene rings is 28. The zero-order chi connectivity index (χ0) is 97.9. The number of halogens is 2. The first-order chi connectivity index (χ1) is 72.0. The van der Waals surface area contributed by atoms with Crippen LogP contribution in [0.2, 0.25) is 0 Å². The van der Waals surface area contributed by atoms with Crippen LogP contribution in [0.25, 0.3) is 251 Å². The summed E-state index contributed by atoms with van der Waals surface area (Å²) in [5, 5.41) is 46.4. The van der Waals surface area contributed by atoms with E-state index in [1.54, 1.807) is 0 Å². The van der Waals surface area contributed by atoms with E-state index in [1.165, 1.54) is 260 Å². The molecule has 2 nitrogen and oxygen atoms in total. The quantitative estimate of drug-likeness (QED) is 0.115. The highest BCUT2D eigenvalue weighted by atomic mass is 79.9. The fourth-order valence-electron chi connectivity index (χ4n) is 22.8. The Morgan fingerprint density at radius 3 is 0.705 bits per heavy atom. The van der Waals surface area contributed by atoms with Crippen molar-refractivity contribution in [3.05, 3.63) is 548 Å². The van der Waals surface area contributed by atoms with Gasteiger partial charge >= 0.3 is 7.69 Å². The first-order valence-corrected chi connectivity index (χ1v) is 51.5. The van der Waals surface area contributed by atoms with Crippen molar-refractivity contribution in [1.82, 2.24) is 0 Å². The normalized spacial score (nSPS) is 11.9. The van der Waals surface area contributed by atoms with Gasteiger partial charge in [0.05, 0.1) is 0 Å². The molecule has 1 N–H and O–H groups in total. The largest absolute Gasteiger partial charge is 0.569 e. The van der Waals surface area contributed by atoms with Gasteiger partial charge < -0.3 is 9.68 Å². The lowest BCUT2D eigenvalue weighted by molar-refractivity contribution is 0.454. The van der Waals surface area contributed by atoms with Gasteiger partial charge in [0.25, 0.3) is 0 Å². The first kappa shape index (κ1) is 90.1. The Balaban J connectivity index is 0.000000116. The Labute approximate surface area is 865 Å². The van der Waals surface area contributed by atoms with Gasteiger partial charge in [0, 0.05) is 14.4 Å². The van der Waals surface area contributed by atoms with Crippen LogP contribution >= 0.6 is 31.9 Å². The van der Waals surface area contributed by atoms with Crippen molar-refractivity contribution in [2.24, 2.45) is 0 Å². The minimum absolute atomic E-state index is 0.197. The van der Waals surface area contributed by atoms with E-state index in [1.807, 2.05) is 42.5 Å². The lowest BCUT2D eigenvalue weighted by atomic mass is 9.80. The lowest BCUT2D eigenvalue weighted by Gasteiger charge is -2.23. The van der Waals surface area contributed by atoms with Crippen LogP contribution in [0.1, 0.15) is 25.0 Å². The summed E-state index contributed by atoms with van der Waals surface area (Å²) in [7, 11) is 0.685. The Hall–Kier alpha value is -17.2. The molecule has 0 heterocycles. The van der Waals surface area contributed by atoms with Gasteiger partial charge in [-0.15, -0.1) is 0 Å². The van der Waals surface area contributed by atoms with Gasteiger partial charge in [-0.05, 0) is 354 Å². The van der Waals surface area contributed by atoms with Crippen molar-refractivity contribution in [1.29, 1.82) is 0 Å². The van der Waals surface area contributed by atoms with E-state index in [9.17, 15) is 0 Å². The van der Waals surface area contributed by atoms with Gasteiger partial charge in [-0.1, -0.05) is 481 Å². The van der Waals surface area contributed by atoms with E-state index >= 15 is 0 Å². The zero-order valence-electron chi connectivity index (χ0n) is 80.4. The second-order valence-corrected chi connectivity index (χ2v) is 40.1. The van der Waals surface area contributed by atoms with Crippen LogP contribution in [0.15, 0.2) is 537 Å². The third-order valence-corrected chi connectivity index (χ3v) is 31.4. The number of hydrogen-bond donors (Lipinski definition) is 1. The smallest absolute Gasteiger partial charge is 0.537 e. The Morgan fingerprint density at radius 2 is 0.377 bits per heavy atom. The highest BCUT2D eigenvalue weighted by Gasteiger charge is 2.37. The molecule has 0 fully saturated rings. The van der Waals surface area contributed by atoms with Crippen LogP contribution < -0.4 is 4.65 Å². The number of hydrogen-bond acceptors (Lipinski definition) is 2. The molecule has 0 saturated carbocycles. The van der Waals surface area contributed by atoms with Crippen molar-refractivity contribution in [2.75, 3.05) is 0 Å². The van der Waals surface area contributed by atoms with Gasteiger partial charge in [0.15, 0.2) is 0 Å². The summed E-state index contributed by atoms with van der Waals surface area (Å²) < 4.78 is 7.21. The van der Waals surface area contributed by atoms with Crippen molar-refractivity contribution in [3.8, 4) is 94.8 Å². The third-order valence-electron chi connectivity index (χ3n) is 29.7. The molecule has 29 rings (SSSR count). The molecule has 0 bridgehead atoms. The summed E-state index contributed by atoms with van der Waals surface area (Å²) in [4.78, 5) is 0. The van der Waals surface area contributed by atoms with Gasteiger partial charge in [-0.2, -0.15) is 0 Å². The zero-order valence-corrected chi connectivity index (χ0v) is 83.6. The van der Waals surface area contributed by atoms with Crippen molar-refractivity contribution < 1.29 is 9.68 Å². The standard InChI is InChI=1S/C69H46.C24H15Br.C24H16.C14H9Br.C10H8BO2/c1-69(2)63-41-49(45-27-31-46(32-28-45)65-55-19-7-9-21-57(55)66(58-22-10-8-20-56(58)65)50-33-29-43-15-3-5-17-47(43)39-50)35-37-53(63)54-38-36-52(42-64(54)69)68-61-25-13-11-23-59(61)67(60-24-12-14-26-62(60)68)51-34-30-44-16-4-6-18-48(44)40-51;25-24-21-11-5-3-9-19(21)23(20-10-4-6-12-22(20)24)18-14-13-16-7-1-2-8-17(16)15-18;1-2-8-18-15-21(14-13-17(18)7-1)24-22-11-5-3-9-19(22)16-20-10-4-6-12-23(20)24;15-14-12-7-3-1-5-10(12)9-11-6-2-4-8-13(11)14;12-11-13-10-6-5-8-3-1-2-4-9(8)7-10/h3-42H,1-2H3;1-15H;1-16H;1-9H;1-7,12H. The fourth-order valence-corrected chi connectivity index (χ4v) is 24.2. The van der Waals surface area contributed by atoms with Crippen LogP contribution in [0.3, 0.4) is 0 Å². The maximum absolute atomic E-state index is 8.44. The Morgan fingerprint density at radius 1 is 0.171 bits per heavy atom. The highest BCUT2D eigenvalue weighted by molar-refractivity contribution is 9.11. The van der Waals surface area contributed by atoms with Gasteiger partial charge in [0.1, 0.15) is 5.75 Å². The molecule has 28 aromatic rings.